The summed E-state index contributed by atoms with van der Waals surface area (Å²) in [5, 5.41) is 0. The van der Waals surface area contributed by atoms with Gasteiger partial charge in [0.2, 0.25) is 0 Å². The molecule has 2 rings (SSSR count). The van der Waals surface area contributed by atoms with Crippen molar-refractivity contribution < 1.29 is 0 Å². The Balaban J connectivity index is 2.49. The molecule has 0 amide bonds. The van der Waals surface area contributed by atoms with Crippen LogP contribution >= 0.6 is 0 Å². The van der Waals surface area contributed by atoms with Crippen LogP contribution in [0.15, 0.2) is 58.0 Å². The molecule has 0 aliphatic carbocycles. The van der Waals surface area contributed by atoms with Crippen LogP contribution in [-0.4, -0.2) is 22.1 Å². The predicted octanol–water partition coefficient (Wildman–Crippen LogP) is 3.98. The lowest BCUT2D eigenvalue weighted by molar-refractivity contribution is 0.789. The maximum Gasteiger partial charge on any atom is 0.258 e. The lowest BCUT2D eigenvalue weighted by atomic mass is 10.1. The third-order valence-electron chi connectivity index (χ3n) is 4.07. The average Bonchev–Trinajstić information content (AvgIpc) is 2.57. The molecule has 0 aromatic carbocycles. The minimum Gasteiger partial charge on any atom is -0.286 e. The Bertz CT molecular complexity index is 872. The summed E-state index contributed by atoms with van der Waals surface area (Å²) in [6.07, 6.45) is 7.03. The van der Waals surface area contributed by atoms with E-state index in [-0.39, 0.29) is 5.56 Å². The van der Waals surface area contributed by atoms with Gasteiger partial charge in [0.05, 0.1) is 11.4 Å². The molecule has 4 nitrogen and oxygen atoms in total. The molecule has 0 spiro atoms. The van der Waals surface area contributed by atoms with Gasteiger partial charge in [0, 0.05) is 19.3 Å². The highest BCUT2D eigenvalue weighted by Gasteiger charge is 2.08. The number of nitrogens with zero attached hydrogens (tertiary/aromatic N) is 3. The van der Waals surface area contributed by atoms with Gasteiger partial charge in [0.25, 0.3) is 5.56 Å². The highest BCUT2D eigenvalue weighted by molar-refractivity contribution is 6.08. The quantitative estimate of drug-likeness (QED) is 0.596. The van der Waals surface area contributed by atoms with Gasteiger partial charge in [-0.1, -0.05) is 31.6 Å². The first-order valence-electron chi connectivity index (χ1n) is 8.30. The number of fused-ring (bicyclic) bond motifs is 1. The maximum absolute atomic E-state index is 12.5. The SMILES string of the molecule is C=C(C)/C(C)=C/C(=NC)c1cc(=O)n2cc(CCCC)ccc2n1. The van der Waals surface area contributed by atoms with Crippen LogP contribution in [0.4, 0.5) is 0 Å². The minimum atomic E-state index is -0.0872. The molecule has 0 fully saturated rings. The molecule has 0 aliphatic rings. The third-order valence-corrected chi connectivity index (χ3v) is 4.07. The van der Waals surface area contributed by atoms with Gasteiger partial charge in [0.1, 0.15) is 5.65 Å². The molecule has 2 heterocycles. The second kappa shape index (κ2) is 7.86. The topological polar surface area (TPSA) is 46.7 Å². The minimum absolute atomic E-state index is 0.0872. The molecule has 126 valence electrons. The molecule has 0 unspecified atom stereocenters. The van der Waals surface area contributed by atoms with Crippen LogP contribution in [0.1, 0.15) is 44.9 Å². The standard InChI is InChI=1S/C20H25N3O/c1-6-7-8-16-9-10-19-22-18(12-20(24)23(19)13-16)17(21-5)11-15(4)14(2)3/h9-13H,2,6-8H2,1,3-5H3/b15-11+,21-17?. The van der Waals surface area contributed by atoms with Crippen molar-refractivity contribution in [3.05, 3.63) is 69.8 Å². The van der Waals surface area contributed by atoms with Crippen LogP contribution < -0.4 is 5.56 Å². The van der Waals surface area contributed by atoms with Crippen LogP contribution in [0.5, 0.6) is 0 Å². The van der Waals surface area contributed by atoms with E-state index in [4.69, 9.17) is 0 Å². The van der Waals surface area contributed by atoms with Gasteiger partial charge in [-0.05, 0) is 50.0 Å². The second-order valence-electron chi connectivity index (χ2n) is 6.07. The predicted molar refractivity (Wildman–Crippen MR) is 101 cm³/mol. The number of hydrogen-bond donors (Lipinski definition) is 0. The summed E-state index contributed by atoms with van der Waals surface area (Å²) >= 11 is 0. The number of aryl methyl sites for hydroxylation is 1. The van der Waals surface area contributed by atoms with Gasteiger partial charge in [-0.25, -0.2) is 4.98 Å². The van der Waals surface area contributed by atoms with Crippen molar-refractivity contribution in [2.24, 2.45) is 4.99 Å². The summed E-state index contributed by atoms with van der Waals surface area (Å²) in [5.74, 6) is 0. The number of allylic oxidation sites excluding steroid dienone is 3. The van der Waals surface area contributed by atoms with Crippen LogP contribution in [0, 0.1) is 0 Å². The molecule has 24 heavy (non-hydrogen) atoms. The molecule has 2 aromatic rings. The summed E-state index contributed by atoms with van der Waals surface area (Å²) in [6.45, 7) is 10.0. The van der Waals surface area contributed by atoms with Crippen molar-refractivity contribution in [3.63, 3.8) is 0 Å². The smallest absolute Gasteiger partial charge is 0.258 e. The summed E-state index contributed by atoms with van der Waals surface area (Å²) in [7, 11) is 1.70. The van der Waals surface area contributed by atoms with Gasteiger partial charge in [-0.15, -0.1) is 0 Å². The van der Waals surface area contributed by atoms with Gasteiger partial charge in [-0.2, -0.15) is 0 Å². The van der Waals surface area contributed by atoms with E-state index in [0.29, 0.717) is 17.1 Å². The Morgan fingerprint density at radius 3 is 2.75 bits per heavy atom. The average molecular weight is 323 g/mol. The molecule has 0 N–H and O–H groups in total. The van der Waals surface area contributed by atoms with E-state index in [0.717, 1.165) is 36.0 Å². The number of aromatic nitrogens is 2. The van der Waals surface area contributed by atoms with E-state index in [1.54, 1.807) is 17.5 Å². The van der Waals surface area contributed by atoms with Gasteiger partial charge < -0.3 is 0 Å². The third kappa shape index (κ3) is 4.07. The first-order chi connectivity index (χ1) is 11.5. The van der Waals surface area contributed by atoms with Gasteiger partial charge >= 0.3 is 0 Å². The van der Waals surface area contributed by atoms with Crippen LogP contribution in [0.3, 0.4) is 0 Å². The Morgan fingerprint density at radius 1 is 1.38 bits per heavy atom. The first-order valence-corrected chi connectivity index (χ1v) is 8.30. The summed E-state index contributed by atoms with van der Waals surface area (Å²) < 4.78 is 1.61. The highest BCUT2D eigenvalue weighted by Crippen LogP contribution is 2.10. The van der Waals surface area contributed by atoms with Crippen molar-refractivity contribution >= 4 is 11.4 Å². The molecular weight excluding hydrogens is 298 g/mol. The zero-order valence-electron chi connectivity index (χ0n) is 15.0. The number of unbranched alkanes of at least 4 members (excludes halogenated alkanes) is 1. The zero-order chi connectivity index (χ0) is 17.7. The number of aliphatic imine (C=N–C) groups is 1. The molecule has 0 saturated heterocycles. The van der Waals surface area contributed by atoms with E-state index in [1.807, 2.05) is 38.3 Å². The molecule has 0 aliphatic heterocycles. The van der Waals surface area contributed by atoms with Crippen LogP contribution in [0.25, 0.3) is 5.65 Å². The van der Waals surface area contributed by atoms with Crippen LogP contribution in [-0.2, 0) is 6.42 Å². The Hall–Kier alpha value is -2.49. The molecular formula is C20H25N3O. The molecule has 4 heteroatoms. The summed E-state index contributed by atoms with van der Waals surface area (Å²) in [4.78, 5) is 21.4. The molecule has 0 saturated carbocycles. The number of rotatable bonds is 6. The molecule has 0 radical (unpaired) electrons. The Morgan fingerprint density at radius 2 is 2.12 bits per heavy atom. The largest absolute Gasteiger partial charge is 0.286 e. The molecule has 0 bridgehead atoms. The van der Waals surface area contributed by atoms with Gasteiger partial charge in [-0.3, -0.25) is 14.2 Å². The maximum atomic E-state index is 12.5. The Kier molecular flexibility index (Phi) is 5.85. The van der Waals surface area contributed by atoms with Crippen molar-refractivity contribution in [1.82, 2.24) is 9.38 Å². The van der Waals surface area contributed by atoms with Crippen molar-refractivity contribution in [3.8, 4) is 0 Å². The van der Waals surface area contributed by atoms with E-state index < -0.39 is 0 Å². The van der Waals surface area contributed by atoms with E-state index in [1.165, 1.54) is 0 Å². The van der Waals surface area contributed by atoms with E-state index in [2.05, 4.69) is 23.5 Å². The monoisotopic (exact) mass is 323 g/mol. The van der Waals surface area contributed by atoms with Crippen molar-refractivity contribution in [1.29, 1.82) is 0 Å². The summed E-state index contributed by atoms with van der Waals surface area (Å²) in [6, 6.07) is 5.48. The second-order valence-corrected chi connectivity index (χ2v) is 6.07. The first kappa shape index (κ1) is 17.9. The van der Waals surface area contributed by atoms with Crippen molar-refractivity contribution in [2.75, 3.05) is 7.05 Å². The van der Waals surface area contributed by atoms with E-state index >= 15 is 0 Å². The summed E-state index contributed by atoms with van der Waals surface area (Å²) in [5.41, 5.74) is 4.97. The Labute approximate surface area is 143 Å². The van der Waals surface area contributed by atoms with Crippen LogP contribution in [0.2, 0.25) is 0 Å². The fraction of sp³-hybridized carbons (Fsp3) is 0.350. The zero-order valence-corrected chi connectivity index (χ0v) is 15.0. The number of pyridine rings is 1. The highest BCUT2D eigenvalue weighted by atomic mass is 16.1. The number of hydrogen-bond acceptors (Lipinski definition) is 3. The molecule has 2 aromatic heterocycles. The lowest BCUT2D eigenvalue weighted by Gasteiger charge is -2.07. The van der Waals surface area contributed by atoms with Gasteiger partial charge in [0.15, 0.2) is 0 Å². The fourth-order valence-electron chi connectivity index (χ4n) is 2.39. The normalized spacial score (nSPS) is 12.7. The van der Waals surface area contributed by atoms with Crippen molar-refractivity contribution in [2.45, 2.75) is 40.0 Å². The fourth-order valence-corrected chi connectivity index (χ4v) is 2.39. The lowest BCUT2D eigenvalue weighted by Crippen LogP contribution is -2.18. The van der Waals surface area contributed by atoms with E-state index in [9.17, 15) is 4.79 Å². The molecule has 0 atom stereocenters.